The van der Waals surface area contributed by atoms with Crippen molar-refractivity contribution in [3.05, 3.63) is 59.4 Å². The third-order valence-corrected chi connectivity index (χ3v) is 5.30. The van der Waals surface area contributed by atoms with Crippen LogP contribution in [-0.4, -0.2) is 33.5 Å². The van der Waals surface area contributed by atoms with Crippen LogP contribution in [-0.2, 0) is 11.8 Å². The summed E-state index contributed by atoms with van der Waals surface area (Å²) in [5.74, 6) is 2.12. The van der Waals surface area contributed by atoms with E-state index in [1.54, 1.807) is 43.5 Å². The molecule has 3 rings (SSSR count). The average molecular weight is 433 g/mol. The van der Waals surface area contributed by atoms with Crippen LogP contribution >= 0.6 is 23.4 Å². The molecular formula is C20H21ClN4O3S. The largest absolute Gasteiger partial charge is 0.497 e. The second kappa shape index (κ2) is 9.67. The van der Waals surface area contributed by atoms with E-state index in [4.69, 9.17) is 21.1 Å². The minimum atomic E-state index is -0.326. The highest BCUT2D eigenvalue weighted by Crippen LogP contribution is 2.25. The molecule has 1 heterocycles. The van der Waals surface area contributed by atoms with Gasteiger partial charge in [0, 0.05) is 17.8 Å². The first-order valence-electron chi connectivity index (χ1n) is 8.84. The fourth-order valence-electron chi connectivity index (χ4n) is 2.60. The van der Waals surface area contributed by atoms with Gasteiger partial charge in [-0.2, -0.15) is 0 Å². The number of halogens is 1. The molecule has 1 atom stereocenters. The van der Waals surface area contributed by atoms with Crippen molar-refractivity contribution < 1.29 is 14.3 Å². The maximum absolute atomic E-state index is 12.2. The lowest BCUT2D eigenvalue weighted by atomic mass is 10.3. The second-order valence-electron chi connectivity index (χ2n) is 6.18. The number of carbonyl (C=O) groups is 1. The molecule has 2 aromatic carbocycles. The van der Waals surface area contributed by atoms with E-state index < -0.39 is 0 Å². The molecule has 0 bridgehead atoms. The number of methoxy groups -OCH3 is 1. The van der Waals surface area contributed by atoms with E-state index in [-0.39, 0.29) is 17.8 Å². The molecule has 0 fully saturated rings. The highest BCUT2D eigenvalue weighted by atomic mass is 35.5. The standard InChI is InChI=1S/C20H21ClN4O3S/c1-13(28-17-6-4-5-14(21)11-17)19-23-24-20(25(19)2)29-12-18(26)22-15-7-9-16(27-3)10-8-15/h4-11,13H,12H2,1-3H3,(H,22,26). The van der Waals surface area contributed by atoms with Crippen molar-refractivity contribution in [2.24, 2.45) is 7.05 Å². The molecule has 29 heavy (non-hydrogen) atoms. The number of nitrogens with zero attached hydrogens (tertiary/aromatic N) is 3. The molecule has 152 valence electrons. The van der Waals surface area contributed by atoms with Crippen molar-refractivity contribution >= 4 is 35.0 Å². The summed E-state index contributed by atoms with van der Waals surface area (Å²) in [4.78, 5) is 12.2. The van der Waals surface area contributed by atoms with Gasteiger partial charge in [0.05, 0.1) is 12.9 Å². The Morgan fingerprint density at radius 3 is 2.66 bits per heavy atom. The van der Waals surface area contributed by atoms with Crippen molar-refractivity contribution in [2.45, 2.75) is 18.2 Å². The lowest BCUT2D eigenvalue weighted by Gasteiger charge is -2.14. The number of aromatic nitrogens is 3. The number of thioether (sulfide) groups is 1. The first kappa shape index (κ1) is 21.0. The van der Waals surface area contributed by atoms with Crippen LogP contribution < -0.4 is 14.8 Å². The zero-order valence-corrected chi connectivity index (χ0v) is 17.8. The first-order chi connectivity index (χ1) is 14.0. The number of anilines is 1. The maximum Gasteiger partial charge on any atom is 0.234 e. The number of hydrogen-bond acceptors (Lipinski definition) is 6. The minimum Gasteiger partial charge on any atom is -0.497 e. The predicted molar refractivity (Wildman–Crippen MR) is 114 cm³/mol. The van der Waals surface area contributed by atoms with E-state index in [2.05, 4.69) is 15.5 Å². The number of ether oxygens (including phenoxy) is 2. The van der Waals surface area contributed by atoms with Crippen LogP contribution in [0.5, 0.6) is 11.5 Å². The van der Waals surface area contributed by atoms with Crippen LogP contribution in [0.1, 0.15) is 18.9 Å². The Hall–Kier alpha value is -2.71. The Morgan fingerprint density at radius 2 is 1.97 bits per heavy atom. The summed E-state index contributed by atoms with van der Waals surface area (Å²) in [6.07, 6.45) is -0.326. The van der Waals surface area contributed by atoms with Crippen LogP contribution in [0.25, 0.3) is 0 Å². The van der Waals surface area contributed by atoms with E-state index in [0.717, 1.165) is 5.75 Å². The molecule has 9 heteroatoms. The summed E-state index contributed by atoms with van der Waals surface area (Å²) in [6.45, 7) is 1.88. The fourth-order valence-corrected chi connectivity index (χ4v) is 3.50. The summed E-state index contributed by atoms with van der Waals surface area (Å²) in [6, 6.07) is 14.3. The molecule has 0 radical (unpaired) electrons. The van der Waals surface area contributed by atoms with E-state index in [1.807, 2.05) is 30.7 Å². The van der Waals surface area contributed by atoms with Crippen LogP contribution in [0.4, 0.5) is 5.69 Å². The quantitative estimate of drug-likeness (QED) is 0.533. The molecule has 1 amide bonds. The van der Waals surface area contributed by atoms with Crippen molar-refractivity contribution in [3.8, 4) is 11.5 Å². The van der Waals surface area contributed by atoms with Gasteiger partial charge in [-0.15, -0.1) is 10.2 Å². The molecule has 0 spiro atoms. The van der Waals surface area contributed by atoms with Gasteiger partial charge in [0.25, 0.3) is 0 Å². The average Bonchev–Trinajstić information content (AvgIpc) is 3.07. The van der Waals surface area contributed by atoms with E-state index in [9.17, 15) is 4.79 Å². The van der Waals surface area contributed by atoms with E-state index in [1.165, 1.54) is 11.8 Å². The third-order valence-electron chi connectivity index (χ3n) is 4.05. The predicted octanol–water partition coefficient (Wildman–Crippen LogP) is 4.35. The summed E-state index contributed by atoms with van der Waals surface area (Å²) >= 11 is 7.30. The van der Waals surface area contributed by atoms with Crippen LogP contribution in [0, 0.1) is 0 Å². The Balaban J connectivity index is 1.56. The van der Waals surface area contributed by atoms with Gasteiger partial charge in [0.1, 0.15) is 11.5 Å². The third kappa shape index (κ3) is 5.65. The molecular weight excluding hydrogens is 412 g/mol. The highest BCUT2D eigenvalue weighted by molar-refractivity contribution is 7.99. The molecule has 0 aliphatic rings. The van der Waals surface area contributed by atoms with Gasteiger partial charge in [0.2, 0.25) is 5.91 Å². The molecule has 0 aliphatic carbocycles. The normalized spacial score (nSPS) is 11.7. The number of benzene rings is 2. The Morgan fingerprint density at radius 1 is 1.21 bits per heavy atom. The number of nitrogens with one attached hydrogen (secondary N) is 1. The Kier molecular flexibility index (Phi) is 7.00. The summed E-state index contributed by atoms with van der Waals surface area (Å²) < 4.78 is 12.8. The zero-order valence-electron chi connectivity index (χ0n) is 16.3. The van der Waals surface area contributed by atoms with Gasteiger partial charge in [0.15, 0.2) is 17.1 Å². The monoisotopic (exact) mass is 432 g/mol. The maximum atomic E-state index is 12.2. The topological polar surface area (TPSA) is 78.3 Å². The molecule has 0 saturated heterocycles. The van der Waals surface area contributed by atoms with Crippen molar-refractivity contribution in [3.63, 3.8) is 0 Å². The van der Waals surface area contributed by atoms with Crippen LogP contribution in [0.2, 0.25) is 5.02 Å². The van der Waals surface area contributed by atoms with E-state index in [0.29, 0.717) is 27.4 Å². The second-order valence-corrected chi connectivity index (χ2v) is 7.56. The number of carbonyl (C=O) groups excluding carboxylic acids is 1. The molecule has 3 aromatic rings. The smallest absolute Gasteiger partial charge is 0.234 e. The number of hydrogen-bond donors (Lipinski definition) is 1. The number of amides is 1. The van der Waals surface area contributed by atoms with Crippen LogP contribution in [0.3, 0.4) is 0 Å². The fraction of sp³-hybridized carbons (Fsp3) is 0.250. The van der Waals surface area contributed by atoms with Gasteiger partial charge in [-0.1, -0.05) is 29.4 Å². The van der Waals surface area contributed by atoms with Crippen molar-refractivity contribution in [1.82, 2.24) is 14.8 Å². The summed E-state index contributed by atoms with van der Waals surface area (Å²) in [5, 5.41) is 12.4. The van der Waals surface area contributed by atoms with Gasteiger partial charge < -0.3 is 19.4 Å². The Labute approximate surface area is 178 Å². The van der Waals surface area contributed by atoms with Crippen LogP contribution in [0.15, 0.2) is 53.7 Å². The van der Waals surface area contributed by atoms with Gasteiger partial charge in [-0.3, -0.25) is 4.79 Å². The van der Waals surface area contributed by atoms with Crippen molar-refractivity contribution in [1.29, 1.82) is 0 Å². The molecule has 7 nitrogen and oxygen atoms in total. The lowest BCUT2D eigenvalue weighted by Crippen LogP contribution is -2.14. The molecule has 0 aliphatic heterocycles. The molecule has 1 aromatic heterocycles. The minimum absolute atomic E-state index is 0.132. The number of rotatable bonds is 8. The molecule has 0 saturated carbocycles. The van der Waals surface area contributed by atoms with Gasteiger partial charge in [-0.25, -0.2) is 0 Å². The first-order valence-corrected chi connectivity index (χ1v) is 10.2. The Bertz CT molecular complexity index is 978. The summed E-state index contributed by atoms with van der Waals surface area (Å²) in [7, 11) is 3.44. The summed E-state index contributed by atoms with van der Waals surface area (Å²) in [5.41, 5.74) is 0.707. The van der Waals surface area contributed by atoms with Crippen molar-refractivity contribution in [2.75, 3.05) is 18.2 Å². The highest BCUT2D eigenvalue weighted by Gasteiger charge is 2.18. The molecule has 1 unspecified atom stereocenters. The van der Waals surface area contributed by atoms with Gasteiger partial charge >= 0.3 is 0 Å². The van der Waals surface area contributed by atoms with Gasteiger partial charge in [-0.05, 0) is 49.4 Å². The SMILES string of the molecule is COc1ccc(NC(=O)CSc2nnc(C(C)Oc3cccc(Cl)c3)n2C)cc1. The lowest BCUT2D eigenvalue weighted by molar-refractivity contribution is -0.113. The molecule has 1 N–H and O–H groups in total. The zero-order chi connectivity index (χ0) is 20.8. The van der Waals surface area contributed by atoms with E-state index >= 15 is 0 Å².